The summed E-state index contributed by atoms with van der Waals surface area (Å²) in [4.78, 5) is 25.2. The molecular weight excluding hydrogens is 408 g/mol. The molecular formula is C25H24N2O3S. The molecule has 0 aliphatic heterocycles. The number of hydrogen-bond acceptors (Lipinski definition) is 4. The van der Waals surface area contributed by atoms with Crippen molar-refractivity contribution in [3.05, 3.63) is 94.4 Å². The molecule has 0 spiro atoms. The van der Waals surface area contributed by atoms with Crippen LogP contribution in [0, 0.1) is 5.92 Å². The van der Waals surface area contributed by atoms with Crippen molar-refractivity contribution < 1.29 is 14.8 Å². The van der Waals surface area contributed by atoms with E-state index in [0.717, 1.165) is 27.6 Å². The van der Waals surface area contributed by atoms with Crippen molar-refractivity contribution in [3.8, 4) is 0 Å². The Morgan fingerprint density at radius 3 is 2.65 bits per heavy atom. The molecule has 31 heavy (non-hydrogen) atoms. The zero-order valence-electron chi connectivity index (χ0n) is 17.2. The molecule has 4 rings (SSSR count). The van der Waals surface area contributed by atoms with Crippen LogP contribution in [0.2, 0.25) is 0 Å². The van der Waals surface area contributed by atoms with Crippen molar-refractivity contribution in [2.75, 3.05) is 0 Å². The summed E-state index contributed by atoms with van der Waals surface area (Å²) in [6.45, 7) is 2.18. The van der Waals surface area contributed by atoms with Gasteiger partial charge in [-0.1, -0.05) is 61.5 Å². The summed E-state index contributed by atoms with van der Waals surface area (Å²) in [6, 6.07) is 17.1. The maximum absolute atomic E-state index is 13.1. The molecule has 6 heteroatoms. The van der Waals surface area contributed by atoms with Gasteiger partial charge in [0.15, 0.2) is 0 Å². The molecule has 158 valence electrons. The standard InChI is InChI=1S/C25H24N2O3S/c1-16-7-9-18(10-8-16)21(13-17-5-3-2-4-6-17)26-24(28)20-12-11-19-14-23(25(29)27-30)31-22(19)15-20/h2-7,9-12,14-16,21,30H,8,13H2,1H3,(H,26,28)(H,27,29). The van der Waals surface area contributed by atoms with Crippen LogP contribution in [0.5, 0.6) is 0 Å². The molecule has 1 heterocycles. The molecule has 2 unspecified atom stereocenters. The average Bonchev–Trinajstić information content (AvgIpc) is 3.23. The number of rotatable bonds is 6. The van der Waals surface area contributed by atoms with Crippen molar-refractivity contribution in [2.45, 2.75) is 25.8 Å². The molecule has 3 N–H and O–H groups in total. The van der Waals surface area contributed by atoms with Crippen molar-refractivity contribution >= 4 is 33.2 Å². The Morgan fingerprint density at radius 2 is 1.94 bits per heavy atom. The zero-order valence-corrected chi connectivity index (χ0v) is 18.0. The van der Waals surface area contributed by atoms with E-state index in [9.17, 15) is 9.59 Å². The minimum Gasteiger partial charge on any atom is -0.345 e. The third kappa shape index (κ3) is 4.93. The Morgan fingerprint density at radius 1 is 1.13 bits per heavy atom. The minimum atomic E-state index is -0.555. The van der Waals surface area contributed by atoms with Gasteiger partial charge in [-0.2, -0.15) is 0 Å². The number of benzene rings is 2. The number of carbonyl (C=O) groups excluding carboxylic acids is 2. The van der Waals surface area contributed by atoms with Crippen LogP contribution in [0.4, 0.5) is 0 Å². The van der Waals surface area contributed by atoms with Crippen molar-refractivity contribution in [2.24, 2.45) is 5.92 Å². The van der Waals surface area contributed by atoms with E-state index < -0.39 is 5.91 Å². The second kappa shape index (κ2) is 9.29. The first-order valence-corrected chi connectivity index (χ1v) is 11.1. The summed E-state index contributed by atoms with van der Waals surface area (Å²) in [5.74, 6) is -0.207. The van der Waals surface area contributed by atoms with Crippen LogP contribution in [0.1, 0.15) is 38.9 Å². The number of nitrogens with one attached hydrogen (secondary N) is 2. The van der Waals surface area contributed by atoms with Gasteiger partial charge in [-0.05, 0) is 53.5 Å². The minimum absolute atomic E-state index is 0.131. The lowest BCUT2D eigenvalue weighted by Crippen LogP contribution is -2.38. The van der Waals surface area contributed by atoms with Crippen molar-refractivity contribution in [3.63, 3.8) is 0 Å². The third-order valence-corrected chi connectivity index (χ3v) is 6.54. The second-order valence-electron chi connectivity index (χ2n) is 7.80. The lowest BCUT2D eigenvalue weighted by molar-refractivity contribution is 0.0711. The normalized spacial score (nSPS) is 16.6. The average molecular weight is 433 g/mol. The molecule has 2 aromatic carbocycles. The van der Waals surface area contributed by atoms with E-state index in [0.29, 0.717) is 22.8 Å². The number of hydroxylamine groups is 1. The van der Waals surface area contributed by atoms with Crippen molar-refractivity contribution in [1.82, 2.24) is 10.8 Å². The molecule has 0 fully saturated rings. The van der Waals surface area contributed by atoms with Gasteiger partial charge in [-0.25, -0.2) is 5.48 Å². The number of fused-ring (bicyclic) bond motifs is 1. The van der Waals surface area contributed by atoms with Crippen LogP contribution < -0.4 is 10.8 Å². The van der Waals surface area contributed by atoms with Gasteiger partial charge in [0, 0.05) is 10.3 Å². The molecule has 3 aromatic rings. The smallest absolute Gasteiger partial charge is 0.284 e. The molecule has 1 aliphatic rings. The van der Waals surface area contributed by atoms with E-state index >= 15 is 0 Å². The highest BCUT2D eigenvalue weighted by molar-refractivity contribution is 7.20. The first-order valence-electron chi connectivity index (χ1n) is 10.2. The molecule has 0 saturated heterocycles. The summed E-state index contributed by atoms with van der Waals surface area (Å²) in [5, 5.41) is 12.9. The fourth-order valence-corrected chi connectivity index (χ4v) is 4.68. The largest absolute Gasteiger partial charge is 0.345 e. The maximum atomic E-state index is 13.1. The summed E-state index contributed by atoms with van der Waals surface area (Å²) < 4.78 is 0.816. The Labute approximate surface area is 185 Å². The number of allylic oxidation sites excluding steroid dienone is 2. The summed E-state index contributed by atoms with van der Waals surface area (Å²) in [5.41, 5.74) is 4.47. The highest BCUT2D eigenvalue weighted by Gasteiger charge is 2.20. The predicted molar refractivity (Wildman–Crippen MR) is 123 cm³/mol. The van der Waals surface area contributed by atoms with Gasteiger partial charge >= 0.3 is 0 Å². The fourth-order valence-electron chi connectivity index (χ4n) is 3.69. The van der Waals surface area contributed by atoms with Gasteiger partial charge in [0.05, 0.1) is 10.9 Å². The Hall–Kier alpha value is -3.22. The van der Waals surface area contributed by atoms with E-state index in [2.05, 4.69) is 42.6 Å². The first kappa shape index (κ1) is 21.0. The number of hydrogen-bond donors (Lipinski definition) is 3. The molecule has 5 nitrogen and oxygen atoms in total. The van der Waals surface area contributed by atoms with E-state index in [1.165, 1.54) is 11.3 Å². The van der Waals surface area contributed by atoms with Crippen LogP contribution in [-0.4, -0.2) is 23.1 Å². The first-order chi connectivity index (χ1) is 15.0. The molecule has 0 saturated carbocycles. The van der Waals surface area contributed by atoms with Gasteiger partial charge in [0.2, 0.25) is 0 Å². The van der Waals surface area contributed by atoms with E-state index in [1.54, 1.807) is 23.7 Å². The van der Waals surface area contributed by atoms with Gasteiger partial charge in [0.25, 0.3) is 11.8 Å². The molecule has 1 aromatic heterocycles. The highest BCUT2D eigenvalue weighted by Crippen LogP contribution is 2.27. The van der Waals surface area contributed by atoms with E-state index in [1.807, 2.05) is 24.3 Å². The lowest BCUT2D eigenvalue weighted by Gasteiger charge is -2.23. The Balaban J connectivity index is 1.57. The quantitative estimate of drug-likeness (QED) is 0.384. The predicted octanol–water partition coefficient (Wildman–Crippen LogP) is 4.88. The van der Waals surface area contributed by atoms with Crippen LogP contribution in [0.15, 0.2) is 78.4 Å². The lowest BCUT2D eigenvalue weighted by atomic mass is 9.91. The van der Waals surface area contributed by atoms with E-state index in [4.69, 9.17) is 5.21 Å². The maximum Gasteiger partial charge on any atom is 0.284 e. The van der Waals surface area contributed by atoms with Gasteiger partial charge < -0.3 is 5.32 Å². The monoisotopic (exact) mass is 432 g/mol. The molecule has 2 atom stereocenters. The summed E-state index contributed by atoms with van der Waals surface area (Å²) in [6.07, 6.45) is 8.18. The number of carbonyl (C=O) groups is 2. The summed E-state index contributed by atoms with van der Waals surface area (Å²) >= 11 is 1.24. The second-order valence-corrected chi connectivity index (χ2v) is 8.88. The van der Waals surface area contributed by atoms with Crippen LogP contribution in [-0.2, 0) is 6.42 Å². The Kier molecular flexibility index (Phi) is 6.30. The van der Waals surface area contributed by atoms with Crippen LogP contribution in [0.3, 0.4) is 0 Å². The van der Waals surface area contributed by atoms with Gasteiger partial charge in [0.1, 0.15) is 0 Å². The zero-order chi connectivity index (χ0) is 21.8. The summed E-state index contributed by atoms with van der Waals surface area (Å²) in [7, 11) is 0. The van der Waals surface area contributed by atoms with Crippen LogP contribution in [0.25, 0.3) is 10.1 Å². The van der Waals surface area contributed by atoms with Gasteiger partial charge in [-0.15, -0.1) is 11.3 Å². The molecule has 0 bridgehead atoms. The molecule has 1 aliphatic carbocycles. The molecule has 0 radical (unpaired) electrons. The highest BCUT2D eigenvalue weighted by atomic mass is 32.1. The van der Waals surface area contributed by atoms with E-state index in [-0.39, 0.29) is 11.9 Å². The molecule has 2 amide bonds. The number of amides is 2. The van der Waals surface area contributed by atoms with Crippen molar-refractivity contribution in [1.29, 1.82) is 0 Å². The van der Waals surface area contributed by atoms with Crippen LogP contribution >= 0.6 is 11.3 Å². The SMILES string of the molecule is CC1C=CC(C(Cc2ccccc2)NC(=O)c2ccc3cc(C(=O)NO)sc3c2)=CC1. The Bertz CT molecular complexity index is 1160. The topological polar surface area (TPSA) is 78.4 Å². The third-order valence-electron chi connectivity index (χ3n) is 5.44. The number of thiophene rings is 1. The van der Waals surface area contributed by atoms with Gasteiger partial charge in [-0.3, -0.25) is 14.8 Å². The fraction of sp³-hybridized carbons (Fsp3) is 0.200.